The van der Waals surface area contributed by atoms with Crippen LogP contribution in [0.4, 0.5) is 10.1 Å². The lowest BCUT2D eigenvalue weighted by molar-refractivity contribution is -0.117. The Morgan fingerprint density at radius 3 is 2.16 bits per heavy atom. The number of nitrogens with one attached hydrogen (secondary N) is 3. The summed E-state index contributed by atoms with van der Waals surface area (Å²) in [5.41, 5.74) is 7.49. The van der Waals surface area contributed by atoms with E-state index < -0.39 is 11.8 Å². The average Bonchev–Trinajstić information content (AvgIpc) is 2.78. The minimum absolute atomic E-state index is 0.240. The van der Waals surface area contributed by atoms with Crippen molar-refractivity contribution in [3.05, 3.63) is 107 Å². The van der Waals surface area contributed by atoms with E-state index in [0.29, 0.717) is 22.4 Å². The first kappa shape index (κ1) is 21.4. The molecule has 0 saturated heterocycles. The number of anilines is 1. The third-order valence-corrected chi connectivity index (χ3v) is 4.39. The molecular formula is C24H20FN3O3. The molecule has 31 heavy (non-hydrogen) atoms. The van der Waals surface area contributed by atoms with Crippen LogP contribution < -0.4 is 16.2 Å². The highest BCUT2D eigenvalue weighted by Crippen LogP contribution is 2.13. The largest absolute Gasteiger partial charge is 0.322 e. The van der Waals surface area contributed by atoms with Crippen LogP contribution in [-0.2, 0) is 4.79 Å². The highest BCUT2D eigenvalue weighted by molar-refractivity contribution is 6.05. The van der Waals surface area contributed by atoms with Crippen molar-refractivity contribution in [1.29, 1.82) is 0 Å². The van der Waals surface area contributed by atoms with E-state index in [1.807, 2.05) is 19.1 Å². The Morgan fingerprint density at radius 2 is 1.48 bits per heavy atom. The van der Waals surface area contributed by atoms with E-state index in [1.165, 1.54) is 48.6 Å². The number of rotatable bonds is 5. The van der Waals surface area contributed by atoms with Gasteiger partial charge in [-0.25, -0.2) is 4.39 Å². The molecule has 0 saturated carbocycles. The minimum atomic E-state index is -0.542. The predicted octanol–water partition coefficient (Wildman–Crippen LogP) is 3.86. The molecule has 0 aliphatic rings. The molecule has 0 bridgehead atoms. The highest BCUT2D eigenvalue weighted by Gasteiger charge is 2.10. The number of carbonyl (C=O) groups is 3. The fourth-order valence-electron chi connectivity index (χ4n) is 2.71. The second kappa shape index (κ2) is 9.98. The quantitative estimate of drug-likeness (QED) is 0.435. The molecule has 0 aromatic heterocycles. The topological polar surface area (TPSA) is 87.3 Å². The molecule has 6 nitrogen and oxygen atoms in total. The van der Waals surface area contributed by atoms with Crippen LogP contribution in [-0.4, -0.2) is 17.7 Å². The summed E-state index contributed by atoms with van der Waals surface area (Å²) in [7, 11) is 0. The lowest BCUT2D eigenvalue weighted by Gasteiger charge is -2.09. The SMILES string of the molecule is Cc1ccccc1C(=O)Nc1ccc(C(=O)NNC(=O)/C=C/c2ccc(F)cc2)cc1. The maximum absolute atomic E-state index is 12.9. The van der Waals surface area contributed by atoms with Gasteiger partial charge in [0.2, 0.25) is 0 Å². The molecular weight excluding hydrogens is 397 g/mol. The molecule has 3 rings (SSSR count). The third kappa shape index (κ3) is 6.11. The molecule has 0 radical (unpaired) electrons. The Bertz CT molecular complexity index is 1120. The van der Waals surface area contributed by atoms with Crippen molar-refractivity contribution < 1.29 is 18.8 Å². The number of hydrogen-bond donors (Lipinski definition) is 3. The van der Waals surface area contributed by atoms with Crippen molar-refractivity contribution in [1.82, 2.24) is 10.9 Å². The van der Waals surface area contributed by atoms with Crippen molar-refractivity contribution in [3.8, 4) is 0 Å². The van der Waals surface area contributed by atoms with E-state index in [0.717, 1.165) is 5.56 Å². The van der Waals surface area contributed by atoms with Gasteiger partial charge < -0.3 is 5.32 Å². The lowest BCUT2D eigenvalue weighted by atomic mass is 10.1. The third-order valence-electron chi connectivity index (χ3n) is 4.39. The van der Waals surface area contributed by atoms with Gasteiger partial charge in [-0.05, 0) is 66.6 Å². The zero-order chi connectivity index (χ0) is 22.2. The summed E-state index contributed by atoms with van der Waals surface area (Å²) in [6, 6.07) is 19.1. The summed E-state index contributed by atoms with van der Waals surface area (Å²) in [6.45, 7) is 1.85. The van der Waals surface area contributed by atoms with Crippen LogP contribution in [0.15, 0.2) is 78.9 Å². The van der Waals surface area contributed by atoms with Gasteiger partial charge in [-0.1, -0.05) is 30.3 Å². The highest BCUT2D eigenvalue weighted by atomic mass is 19.1. The zero-order valence-corrected chi connectivity index (χ0v) is 16.7. The molecule has 3 amide bonds. The first-order valence-electron chi connectivity index (χ1n) is 9.43. The molecule has 0 aliphatic heterocycles. The maximum Gasteiger partial charge on any atom is 0.269 e. The van der Waals surface area contributed by atoms with Gasteiger partial charge in [0.25, 0.3) is 17.7 Å². The van der Waals surface area contributed by atoms with E-state index in [-0.39, 0.29) is 11.7 Å². The molecule has 0 fully saturated rings. The average molecular weight is 417 g/mol. The molecule has 7 heteroatoms. The van der Waals surface area contributed by atoms with Crippen LogP contribution in [0.1, 0.15) is 31.8 Å². The minimum Gasteiger partial charge on any atom is -0.322 e. The summed E-state index contributed by atoms with van der Waals surface area (Å²) in [5, 5.41) is 2.78. The van der Waals surface area contributed by atoms with E-state index >= 15 is 0 Å². The normalized spacial score (nSPS) is 10.5. The number of hydrogen-bond acceptors (Lipinski definition) is 3. The van der Waals surface area contributed by atoms with Crippen molar-refractivity contribution in [2.75, 3.05) is 5.32 Å². The lowest BCUT2D eigenvalue weighted by Crippen LogP contribution is -2.40. The molecule has 3 aromatic carbocycles. The number of aryl methyl sites for hydroxylation is 1. The van der Waals surface area contributed by atoms with Crippen LogP contribution in [0.2, 0.25) is 0 Å². The van der Waals surface area contributed by atoms with Gasteiger partial charge in [0.05, 0.1) is 0 Å². The smallest absolute Gasteiger partial charge is 0.269 e. The number of carbonyl (C=O) groups excluding carboxylic acids is 3. The first-order chi connectivity index (χ1) is 14.9. The Labute approximate surface area is 178 Å². The monoisotopic (exact) mass is 417 g/mol. The fraction of sp³-hybridized carbons (Fsp3) is 0.0417. The van der Waals surface area contributed by atoms with Crippen LogP contribution in [0.3, 0.4) is 0 Å². The number of amides is 3. The molecule has 0 atom stereocenters. The van der Waals surface area contributed by atoms with Crippen LogP contribution in [0.5, 0.6) is 0 Å². The molecule has 0 aliphatic carbocycles. The van der Waals surface area contributed by atoms with E-state index in [2.05, 4.69) is 16.2 Å². The van der Waals surface area contributed by atoms with Crippen LogP contribution >= 0.6 is 0 Å². The molecule has 3 N–H and O–H groups in total. The number of halogens is 1. The van der Waals surface area contributed by atoms with E-state index in [9.17, 15) is 18.8 Å². The van der Waals surface area contributed by atoms with Gasteiger partial charge in [0.15, 0.2) is 0 Å². The summed E-state index contributed by atoms with van der Waals surface area (Å²) in [6.07, 6.45) is 2.71. The van der Waals surface area contributed by atoms with Crippen molar-refractivity contribution >= 4 is 29.5 Å². The van der Waals surface area contributed by atoms with Crippen molar-refractivity contribution in [3.63, 3.8) is 0 Å². The molecule has 0 spiro atoms. The summed E-state index contributed by atoms with van der Waals surface area (Å²) >= 11 is 0. The van der Waals surface area contributed by atoms with Gasteiger partial charge in [-0.3, -0.25) is 25.2 Å². The first-order valence-corrected chi connectivity index (χ1v) is 9.43. The maximum atomic E-state index is 12.9. The van der Waals surface area contributed by atoms with Gasteiger partial charge in [-0.2, -0.15) is 0 Å². The Hall–Kier alpha value is -4.26. The van der Waals surface area contributed by atoms with Crippen LogP contribution in [0.25, 0.3) is 6.08 Å². The number of benzene rings is 3. The van der Waals surface area contributed by atoms with Crippen molar-refractivity contribution in [2.24, 2.45) is 0 Å². The second-order valence-electron chi connectivity index (χ2n) is 6.67. The molecule has 0 unspecified atom stereocenters. The molecule has 156 valence electrons. The van der Waals surface area contributed by atoms with E-state index in [1.54, 1.807) is 24.3 Å². The predicted molar refractivity (Wildman–Crippen MR) is 117 cm³/mol. The summed E-state index contributed by atoms with van der Waals surface area (Å²) in [5.74, 6) is -1.66. The van der Waals surface area contributed by atoms with Gasteiger partial charge in [0, 0.05) is 22.9 Å². The summed E-state index contributed by atoms with van der Waals surface area (Å²) < 4.78 is 12.9. The second-order valence-corrected chi connectivity index (χ2v) is 6.67. The Kier molecular flexibility index (Phi) is 6.90. The van der Waals surface area contributed by atoms with Gasteiger partial charge in [0.1, 0.15) is 5.82 Å². The van der Waals surface area contributed by atoms with E-state index in [4.69, 9.17) is 0 Å². The number of hydrazine groups is 1. The standard InChI is InChI=1S/C24H20FN3O3/c1-16-4-2-3-5-21(16)24(31)26-20-13-9-18(10-14-20)23(30)28-27-22(29)15-8-17-6-11-19(25)12-7-17/h2-15H,1H3,(H,26,31)(H,27,29)(H,28,30)/b15-8+. The molecule has 0 heterocycles. The van der Waals surface area contributed by atoms with Crippen molar-refractivity contribution in [2.45, 2.75) is 6.92 Å². The fourth-order valence-corrected chi connectivity index (χ4v) is 2.71. The van der Waals surface area contributed by atoms with Gasteiger partial charge in [-0.15, -0.1) is 0 Å². The Morgan fingerprint density at radius 1 is 0.806 bits per heavy atom. The van der Waals surface area contributed by atoms with Gasteiger partial charge >= 0.3 is 0 Å². The summed E-state index contributed by atoms with van der Waals surface area (Å²) in [4.78, 5) is 36.4. The molecule has 3 aromatic rings. The zero-order valence-electron chi connectivity index (χ0n) is 16.7. The Balaban J connectivity index is 1.51. The van der Waals surface area contributed by atoms with Crippen LogP contribution in [0, 0.1) is 12.7 Å².